The van der Waals surface area contributed by atoms with Crippen molar-refractivity contribution < 1.29 is 23.8 Å². The van der Waals surface area contributed by atoms with Crippen molar-refractivity contribution in [2.24, 2.45) is 0 Å². The highest BCUT2D eigenvalue weighted by atomic mass is 79.9. The quantitative estimate of drug-likeness (QED) is 0.487. The zero-order valence-corrected chi connectivity index (χ0v) is 17.4. The molecule has 0 radical (unpaired) electrons. The lowest BCUT2D eigenvalue weighted by molar-refractivity contribution is -0.140. The van der Waals surface area contributed by atoms with Crippen molar-refractivity contribution in [2.75, 3.05) is 32.5 Å². The molecule has 2 aromatic rings. The Kier molecular flexibility index (Phi) is 6.65. The van der Waals surface area contributed by atoms with Gasteiger partial charge in [-0.3, -0.25) is 0 Å². The summed E-state index contributed by atoms with van der Waals surface area (Å²) in [7, 11) is 2.51. The van der Waals surface area contributed by atoms with Gasteiger partial charge in [0.1, 0.15) is 12.4 Å². The van der Waals surface area contributed by atoms with E-state index in [-0.39, 0.29) is 24.6 Å². The van der Waals surface area contributed by atoms with Crippen LogP contribution in [-0.2, 0) is 23.8 Å². The first-order valence-corrected chi connectivity index (χ1v) is 9.65. The Bertz CT molecular complexity index is 902. The molecule has 2 heterocycles. The summed E-state index contributed by atoms with van der Waals surface area (Å²) < 4.78 is 15.9. The maximum atomic E-state index is 12.3. The molecule has 3 rings (SSSR count). The van der Waals surface area contributed by atoms with Gasteiger partial charge in [0, 0.05) is 23.0 Å². The minimum absolute atomic E-state index is 0.0253. The summed E-state index contributed by atoms with van der Waals surface area (Å²) in [6, 6.07) is 7.36. The molecule has 1 aliphatic heterocycles. The van der Waals surface area contributed by atoms with Crippen LogP contribution in [0.2, 0.25) is 0 Å². The molecule has 1 aliphatic rings. The van der Waals surface area contributed by atoms with Gasteiger partial charge in [-0.05, 0) is 52.0 Å². The van der Waals surface area contributed by atoms with Crippen LogP contribution in [0, 0.1) is 0 Å². The van der Waals surface area contributed by atoms with Crippen molar-refractivity contribution in [1.29, 1.82) is 0 Å². The van der Waals surface area contributed by atoms with Crippen molar-refractivity contribution >= 4 is 45.3 Å². The van der Waals surface area contributed by atoms with E-state index in [1.54, 1.807) is 17.3 Å². The van der Waals surface area contributed by atoms with Crippen LogP contribution in [-0.4, -0.2) is 49.5 Å². The summed E-state index contributed by atoms with van der Waals surface area (Å²) in [5, 5.41) is 0.611. The van der Waals surface area contributed by atoms with Gasteiger partial charge in [0.25, 0.3) is 0 Å². The number of hydrogen-bond acceptors (Lipinski definition) is 9. The van der Waals surface area contributed by atoms with Crippen LogP contribution < -0.4 is 4.90 Å². The van der Waals surface area contributed by atoms with E-state index >= 15 is 0 Å². The van der Waals surface area contributed by atoms with Gasteiger partial charge < -0.3 is 19.1 Å². The molecule has 0 N–H and O–H groups in total. The second kappa shape index (κ2) is 9.18. The van der Waals surface area contributed by atoms with Crippen LogP contribution in [0.3, 0.4) is 0 Å². The molecule has 28 heavy (non-hydrogen) atoms. The fraction of sp³-hybridized carbons (Fsp3) is 0.222. The first-order valence-electron chi connectivity index (χ1n) is 8.04. The third-order valence-corrected chi connectivity index (χ3v) is 5.10. The van der Waals surface area contributed by atoms with E-state index in [1.807, 2.05) is 24.3 Å². The lowest BCUT2D eigenvalue weighted by Gasteiger charge is -2.31. The monoisotopic (exact) mass is 465 g/mol. The average Bonchev–Trinajstić information content (AvgIpc) is 2.74. The zero-order valence-electron chi connectivity index (χ0n) is 15.0. The third-order valence-electron chi connectivity index (χ3n) is 3.79. The highest BCUT2D eigenvalue weighted by Crippen LogP contribution is 2.30. The smallest absolute Gasteiger partial charge is 0.355 e. The summed E-state index contributed by atoms with van der Waals surface area (Å²) in [6.45, 7) is 0.0791. The van der Waals surface area contributed by atoms with Gasteiger partial charge in [-0.15, -0.1) is 0 Å². The van der Waals surface area contributed by atoms with Crippen molar-refractivity contribution in [3.8, 4) is 0 Å². The summed E-state index contributed by atoms with van der Waals surface area (Å²) in [5.41, 5.74) is 0.891. The Morgan fingerprint density at radius 2 is 1.75 bits per heavy atom. The molecule has 0 aliphatic carbocycles. The van der Waals surface area contributed by atoms with E-state index in [9.17, 15) is 9.59 Å². The van der Waals surface area contributed by atoms with Gasteiger partial charge >= 0.3 is 11.9 Å². The molecule has 0 fully saturated rings. The molecule has 146 valence electrons. The van der Waals surface area contributed by atoms with Gasteiger partial charge in [0.05, 0.1) is 30.9 Å². The summed E-state index contributed by atoms with van der Waals surface area (Å²) in [4.78, 5) is 35.3. The standard InChI is InChI=1S/C18H16BrN3O5S/c1-25-16(23)14-9-27-10-22(15(14)17(24)26-2)12-3-5-13(6-4-12)28-18-20-7-11(19)8-21-18/h3-8H,9-10H2,1-2H3. The second-order valence-corrected chi connectivity index (χ2v) is 7.45. The number of benzene rings is 1. The van der Waals surface area contributed by atoms with Crippen molar-refractivity contribution in [3.05, 3.63) is 52.4 Å². The summed E-state index contributed by atoms with van der Waals surface area (Å²) in [6.07, 6.45) is 3.35. The number of rotatable bonds is 5. The molecule has 0 spiro atoms. The number of anilines is 1. The van der Waals surface area contributed by atoms with Crippen LogP contribution in [0.1, 0.15) is 0 Å². The van der Waals surface area contributed by atoms with E-state index in [1.165, 1.54) is 26.0 Å². The van der Waals surface area contributed by atoms with Gasteiger partial charge in [0.2, 0.25) is 0 Å². The number of aromatic nitrogens is 2. The number of esters is 2. The maximum Gasteiger partial charge on any atom is 0.355 e. The van der Waals surface area contributed by atoms with E-state index in [2.05, 4.69) is 25.9 Å². The fourth-order valence-electron chi connectivity index (χ4n) is 2.50. The van der Waals surface area contributed by atoms with Crippen LogP contribution in [0.25, 0.3) is 0 Å². The number of nitrogens with zero attached hydrogens (tertiary/aromatic N) is 3. The molecule has 1 aromatic carbocycles. The minimum Gasteiger partial charge on any atom is -0.466 e. The lowest BCUT2D eigenvalue weighted by atomic mass is 10.1. The molecule has 1 aromatic heterocycles. The Morgan fingerprint density at radius 1 is 1.11 bits per heavy atom. The second-order valence-electron chi connectivity index (χ2n) is 5.50. The Morgan fingerprint density at radius 3 is 2.36 bits per heavy atom. The van der Waals surface area contributed by atoms with Gasteiger partial charge in [-0.1, -0.05) is 0 Å². The highest BCUT2D eigenvalue weighted by molar-refractivity contribution is 9.10. The molecule has 0 amide bonds. The molecule has 10 heteroatoms. The van der Waals surface area contributed by atoms with Gasteiger partial charge in [-0.25, -0.2) is 19.6 Å². The number of carbonyl (C=O) groups excluding carboxylic acids is 2. The molecule has 0 saturated heterocycles. The lowest BCUT2D eigenvalue weighted by Crippen LogP contribution is -2.38. The topological polar surface area (TPSA) is 90.9 Å². The summed E-state index contributed by atoms with van der Waals surface area (Å²) >= 11 is 4.70. The zero-order chi connectivity index (χ0) is 20.1. The first kappa shape index (κ1) is 20.3. The molecule has 0 bridgehead atoms. The maximum absolute atomic E-state index is 12.3. The van der Waals surface area contributed by atoms with Crippen molar-refractivity contribution in [1.82, 2.24) is 9.97 Å². The van der Waals surface area contributed by atoms with Crippen molar-refractivity contribution in [2.45, 2.75) is 10.1 Å². The molecule has 0 saturated carbocycles. The highest BCUT2D eigenvalue weighted by Gasteiger charge is 2.32. The number of carbonyl (C=O) groups is 2. The molecule has 0 atom stereocenters. The number of ether oxygens (including phenoxy) is 3. The van der Waals surface area contributed by atoms with E-state index < -0.39 is 11.9 Å². The molecule has 0 unspecified atom stereocenters. The number of halogens is 1. The molecular formula is C18H16BrN3O5S. The molecular weight excluding hydrogens is 450 g/mol. The van der Waals surface area contributed by atoms with E-state index in [4.69, 9.17) is 14.2 Å². The Balaban J connectivity index is 1.87. The van der Waals surface area contributed by atoms with E-state index in [0.717, 1.165) is 9.37 Å². The fourth-order valence-corrected chi connectivity index (χ4v) is 3.40. The Hall–Kier alpha value is -2.43. The van der Waals surface area contributed by atoms with E-state index in [0.29, 0.717) is 10.8 Å². The number of methoxy groups -OCH3 is 2. The van der Waals surface area contributed by atoms with Crippen LogP contribution >= 0.6 is 27.7 Å². The van der Waals surface area contributed by atoms with Crippen LogP contribution in [0.4, 0.5) is 5.69 Å². The third kappa shape index (κ3) is 4.51. The number of hydrogen-bond donors (Lipinski definition) is 0. The normalized spacial score (nSPS) is 14.0. The largest absolute Gasteiger partial charge is 0.466 e. The predicted molar refractivity (Wildman–Crippen MR) is 105 cm³/mol. The Labute approximate surface area is 174 Å². The van der Waals surface area contributed by atoms with Gasteiger partial charge in [-0.2, -0.15) is 0 Å². The minimum atomic E-state index is -0.635. The SMILES string of the molecule is COC(=O)C1=C(C(=O)OC)N(c2ccc(Sc3ncc(Br)cn3)cc2)COC1. The molecule has 8 nitrogen and oxygen atoms in total. The van der Waals surface area contributed by atoms with Crippen LogP contribution in [0.5, 0.6) is 0 Å². The van der Waals surface area contributed by atoms with Gasteiger partial charge in [0.15, 0.2) is 5.16 Å². The summed E-state index contributed by atoms with van der Waals surface area (Å²) in [5.74, 6) is -1.27. The van der Waals surface area contributed by atoms with Crippen LogP contribution in [0.15, 0.2) is 62.5 Å². The first-order chi connectivity index (χ1) is 13.5. The van der Waals surface area contributed by atoms with Crippen molar-refractivity contribution in [3.63, 3.8) is 0 Å². The average molecular weight is 466 g/mol. The predicted octanol–water partition coefficient (Wildman–Crippen LogP) is 2.78.